The molecule has 0 aromatic rings. The molecule has 0 saturated heterocycles. The van der Waals surface area contributed by atoms with Crippen molar-refractivity contribution in [2.45, 2.75) is 25.6 Å². The summed E-state index contributed by atoms with van der Waals surface area (Å²) < 4.78 is 0. The molecule has 0 aliphatic heterocycles. The van der Waals surface area contributed by atoms with Crippen LogP contribution in [0.4, 0.5) is 0 Å². The van der Waals surface area contributed by atoms with E-state index in [-0.39, 0.29) is 6.42 Å². The second-order valence-corrected chi connectivity index (χ2v) is 2.22. The van der Waals surface area contributed by atoms with E-state index < -0.39 is 24.6 Å². The van der Waals surface area contributed by atoms with E-state index in [4.69, 9.17) is 15.3 Å². The fraction of sp³-hybridized carbons (Fsp3) is 0.833. The Kier molecular flexibility index (Phi) is 4.18. The maximum atomic E-state index is 10.6. The van der Waals surface area contributed by atoms with Crippen LogP contribution >= 0.6 is 0 Å². The SMILES string of the molecule is CC(O)CC(=O)C(O)CO. The molecule has 3 N–H and O–H groups in total. The number of carbonyl (C=O) groups is 1. The second-order valence-electron chi connectivity index (χ2n) is 2.22. The highest BCUT2D eigenvalue weighted by molar-refractivity contribution is 5.83. The smallest absolute Gasteiger partial charge is 0.166 e. The molecule has 0 aliphatic carbocycles. The maximum absolute atomic E-state index is 10.6. The van der Waals surface area contributed by atoms with E-state index in [1.807, 2.05) is 0 Å². The van der Waals surface area contributed by atoms with Gasteiger partial charge in [-0.1, -0.05) is 0 Å². The number of aliphatic hydroxyl groups excluding tert-OH is 3. The summed E-state index contributed by atoms with van der Waals surface area (Å²) in [4.78, 5) is 10.6. The van der Waals surface area contributed by atoms with E-state index >= 15 is 0 Å². The van der Waals surface area contributed by atoms with Crippen LogP contribution in [0.1, 0.15) is 13.3 Å². The van der Waals surface area contributed by atoms with E-state index in [1.165, 1.54) is 6.92 Å². The van der Waals surface area contributed by atoms with E-state index in [2.05, 4.69) is 0 Å². The molecule has 0 amide bonds. The highest BCUT2D eigenvalue weighted by Crippen LogP contribution is 1.95. The second kappa shape index (κ2) is 4.38. The van der Waals surface area contributed by atoms with Crippen LogP contribution in [0.3, 0.4) is 0 Å². The molecule has 10 heavy (non-hydrogen) atoms. The van der Waals surface area contributed by atoms with Crippen molar-refractivity contribution in [2.75, 3.05) is 6.61 Å². The van der Waals surface area contributed by atoms with Gasteiger partial charge in [-0.2, -0.15) is 0 Å². The van der Waals surface area contributed by atoms with Gasteiger partial charge in [0.1, 0.15) is 6.10 Å². The van der Waals surface area contributed by atoms with Gasteiger partial charge in [-0.15, -0.1) is 0 Å². The molecule has 0 heterocycles. The van der Waals surface area contributed by atoms with Crippen molar-refractivity contribution in [1.82, 2.24) is 0 Å². The molecular weight excluding hydrogens is 136 g/mol. The van der Waals surface area contributed by atoms with Gasteiger partial charge >= 0.3 is 0 Å². The van der Waals surface area contributed by atoms with Crippen LogP contribution in [0, 0.1) is 0 Å². The minimum Gasteiger partial charge on any atom is -0.393 e. The average Bonchev–Trinajstić information content (AvgIpc) is 1.85. The lowest BCUT2D eigenvalue weighted by Gasteiger charge is -2.06. The molecule has 4 nitrogen and oxygen atoms in total. The fourth-order valence-corrected chi connectivity index (χ4v) is 0.529. The molecule has 0 aromatic carbocycles. The lowest BCUT2D eigenvalue weighted by atomic mass is 10.1. The molecular formula is C6H12O4. The third kappa shape index (κ3) is 3.55. The van der Waals surface area contributed by atoms with Crippen molar-refractivity contribution in [2.24, 2.45) is 0 Å². The fourth-order valence-electron chi connectivity index (χ4n) is 0.529. The molecule has 4 heteroatoms. The van der Waals surface area contributed by atoms with Gasteiger partial charge in [-0.25, -0.2) is 0 Å². The molecule has 0 aliphatic rings. The summed E-state index contributed by atoms with van der Waals surface area (Å²) in [6.07, 6.45) is -2.20. The van der Waals surface area contributed by atoms with Crippen LogP contribution in [0.15, 0.2) is 0 Å². The number of hydrogen-bond donors (Lipinski definition) is 3. The quantitative estimate of drug-likeness (QED) is 0.462. The topological polar surface area (TPSA) is 77.8 Å². The number of carbonyl (C=O) groups excluding carboxylic acids is 1. The van der Waals surface area contributed by atoms with Gasteiger partial charge in [0.25, 0.3) is 0 Å². The van der Waals surface area contributed by atoms with Gasteiger partial charge in [-0.3, -0.25) is 4.79 Å². The first-order valence-electron chi connectivity index (χ1n) is 3.07. The van der Waals surface area contributed by atoms with Crippen LogP contribution in [0.5, 0.6) is 0 Å². The van der Waals surface area contributed by atoms with Gasteiger partial charge in [-0.05, 0) is 6.92 Å². The number of hydrogen-bond acceptors (Lipinski definition) is 4. The first-order chi connectivity index (χ1) is 4.57. The summed E-state index contributed by atoms with van der Waals surface area (Å²) >= 11 is 0. The molecule has 0 saturated carbocycles. The zero-order chi connectivity index (χ0) is 8.15. The molecule has 0 radical (unpaired) electrons. The Labute approximate surface area is 59.1 Å². The minimum atomic E-state index is -1.34. The van der Waals surface area contributed by atoms with Crippen LogP contribution in [0.2, 0.25) is 0 Å². The third-order valence-corrected chi connectivity index (χ3v) is 1.04. The van der Waals surface area contributed by atoms with E-state index in [0.29, 0.717) is 0 Å². The van der Waals surface area contributed by atoms with Crippen molar-refractivity contribution >= 4 is 5.78 Å². The Morgan fingerprint density at radius 1 is 1.50 bits per heavy atom. The Hall–Kier alpha value is -0.450. The predicted octanol–water partition coefficient (Wildman–Crippen LogP) is -1.32. The van der Waals surface area contributed by atoms with Crippen molar-refractivity contribution in [3.05, 3.63) is 0 Å². The summed E-state index contributed by atoms with van der Waals surface area (Å²) in [5.41, 5.74) is 0. The summed E-state index contributed by atoms with van der Waals surface area (Å²) in [5, 5.41) is 25.6. The van der Waals surface area contributed by atoms with Crippen LogP contribution in [-0.2, 0) is 4.79 Å². The Morgan fingerprint density at radius 3 is 2.30 bits per heavy atom. The Balaban J connectivity index is 3.62. The summed E-state index contributed by atoms with van der Waals surface area (Å²) in [6, 6.07) is 0. The van der Waals surface area contributed by atoms with Gasteiger partial charge in [0.15, 0.2) is 5.78 Å². The summed E-state index contributed by atoms with van der Waals surface area (Å²) in [5.74, 6) is -0.530. The maximum Gasteiger partial charge on any atom is 0.166 e. The van der Waals surface area contributed by atoms with E-state index in [0.717, 1.165) is 0 Å². The Morgan fingerprint density at radius 2 is 2.00 bits per heavy atom. The molecule has 2 atom stereocenters. The van der Waals surface area contributed by atoms with Crippen molar-refractivity contribution in [1.29, 1.82) is 0 Å². The number of Topliss-reactive ketones (excluding diaryl/α,β-unsaturated/α-hetero) is 1. The lowest BCUT2D eigenvalue weighted by molar-refractivity contribution is -0.130. The largest absolute Gasteiger partial charge is 0.393 e. The van der Waals surface area contributed by atoms with Gasteiger partial charge in [0, 0.05) is 6.42 Å². The summed E-state index contributed by atoms with van der Waals surface area (Å²) in [7, 11) is 0. The van der Waals surface area contributed by atoms with E-state index in [9.17, 15) is 4.79 Å². The monoisotopic (exact) mass is 148 g/mol. The lowest BCUT2D eigenvalue weighted by Crippen LogP contribution is -2.26. The predicted molar refractivity (Wildman–Crippen MR) is 34.4 cm³/mol. The number of rotatable bonds is 4. The molecule has 0 fully saturated rings. The zero-order valence-electron chi connectivity index (χ0n) is 5.82. The van der Waals surface area contributed by atoms with Crippen molar-refractivity contribution < 1.29 is 20.1 Å². The van der Waals surface area contributed by atoms with Gasteiger partial charge < -0.3 is 15.3 Å². The number of ketones is 1. The van der Waals surface area contributed by atoms with Crippen molar-refractivity contribution in [3.8, 4) is 0 Å². The molecule has 0 rings (SSSR count). The highest BCUT2D eigenvalue weighted by atomic mass is 16.3. The Bertz CT molecular complexity index is 110. The molecule has 0 bridgehead atoms. The first-order valence-corrected chi connectivity index (χ1v) is 3.07. The van der Waals surface area contributed by atoms with Gasteiger partial charge in [0.05, 0.1) is 12.7 Å². The normalized spacial score (nSPS) is 16.4. The average molecular weight is 148 g/mol. The first kappa shape index (κ1) is 9.55. The van der Waals surface area contributed by atoms with E-state index in [1.54, 1.807) is 0 Å². The number of aliphatic hydroxyl groups is 3. The van der Waals surface area contributed by atoms with Crippen LogP contribution < -0.4 is 0 Å². The highest BCUT2D eigenvalue weighted by Gasteiger charge is 2.14. The van der Waals surface area contributed by atoms with Crippen LogP contribution in [-0.4, -0.2) is 39.9 Å². The zero-order valence-corrected chi connectivity index (χ0v) is 5.82. The molecule has 60 valence electrons. The van der Waals surface area contributed by atoms with Crippen LogP contribution in [0.25, 0.3) is 0 Å². The molecule has 2 unspecified atom stereocenters. The third-order valence-electron chi connectivity index (χ3n) is 1.04. The summed E-state index contributed by atoms with van der Waals surface area (Å²) in [6.45, 7) is 0.869. The molecule has 0 aromatic heterocycles. The van der Waals surface area contributed by atoms with Gasteiger partial charge in [0.2, 0.25) is 0 Å². The standard InChI is InChI=1S/C6H12O4/c1-4(8)2-5(9)6(10)3-7/h4,6-8,10H,2-3H2,1H3. The van der Waals surface area contributed by atoms with Crippen molar-refractivity contribution in [3.63, 3.8) is 0 Å². The minimum absolute atomic E-state index is 0.109. The molecule has 0 spiro atoms.